The molecule has 0 aliphatic rings. The van der Waals surface area contributed by atoms with Crippen LogP contribution in [0.25, 0.3) is 0 Å². The molecule has 1 aromatic rings. The summed E-state index contributed by atoms with van der Waals surface area (Å²) in [5.41, 5.74) is -0.000704. The number of halogens is 3. The van der Waals surface area contributed by atoms with Crippen LogP contribution in [0.3, 0.4) is 0 Å². The average molecular weight is 374 g/mol. The van der Waals surface area contributed by atoms with Gasteiger partial charge in [-0.25, -0.2) is 9.78 Å². The molecule has 1 aromatic heterocycles. The number of carbonyl (C=O) groups excluding carboxylic acids is 1. The van der Waals surface area contributed by atoms with Gasteiger partial charge in [0.25, 0.3) is 0 Å². The van der Waals surface area contributed by atoms with Crippen molar-refractivity contribution in [2.75, 3.05) is 20.7 Å². The molecule has 0 aliphatic carbocycles. The van der Waals surface area contributed by atoms with Crippen molar-refractivity contribution in [1.29, 1.82) is 0 Å². The van der Waals surface area contributed by atoms with Crippen LogP contribution < -0.4 is 0 Å². The van der Waals surface area contributed by atoms with Gasteiger partial charge in [-0.3, -0.25) is 0 Å². The monoisotopic (exact) mass is 372 g/mol. The molecule has 1 rings (SSSR count). The van der Waals surface area contributed by atoms with Gasteiger partial charge in [-0.15, -0.1) is 0 Å². The van der Waals surface area contributed by atoms with Gasteiger partial charge < -0.3 is 9.64 Å². The molecular formula is C11H11Cl3N2O2S2. The molecule has 0 spiro atoms. The van der Waals surface area contributed by atoms with Crippen molar-refractivity contribution in [2.45, 2.75) is 11.9 Å². The number of hydrogen-bond acceptors (Lipinski definition) is 5. The molecule has 0 aromatic carbocycles. The number of aromatic nitrogens is 1. The Morgan fingerprint density at radius 2 is 1.95 bits per heavy atom. The van der Waals surface area contributed by atoms with Gasteiger partial charge >= 0.3 is 5.97 Å². The SMILES string of the molecule is CCOC(=O)c1c(Cl)c(Cl)nc(SC(=S)N(C)C)c1Cl. The summed E-state index contributed by atoms with van der Waals surface area (Å²) in [5, 5.41) is 0.327. The first-order valence-electron chi connectivity index (χ1n) is 5.40. The van der Waals surface area contributed by atoms with E-state index in [1.54, 1.807) is 25.9 Å². The third-order valence-electron chi connectivity index (χ3n) is 2.04. The second kappa shape index (κ2) is 7.66. The number of thioether (sulfide) groups is 1. The van der Waals surface area contributed by atoms with E-state index in [9.17, 15) is 4.79 Å². The van der Waals surface area contributed by atoms with E-state index in [4.69, 9.17) is 51.8 Å². The topological polar surface area (TPSA) is 42.4 Å². The summed E-state index contributed by atoms with van der Waals surface area (Å²) in [7, 11) is 3.57. The number of hydrogen-bond donors (Lipinski definition) is 0. The number of pyridine rings is 1. The molecule has 0 bridgehead atoms. The summed E-state index contributed by atoms with van der Waals surface area (Å²) >= 11 is 24.3. The summed E-state index contributed by atoms with van der Waals surface area (Å²) in [6.45, 7) is 1.88. The predicted octanol–water partition coefficient (Wildman–Crippen LogP) is 4.16. The lowest BCUT2D eigenvalue weighted by molar-refractivity contribution is 0.0526. The van der Waals surface area contributed by atoms with E-state index in [0.29, 0.717) is 9.35 Å². The smallest absolute Gasteiger partial charge is 0.341 e. The maximum absolute atomic E-state index is 11.9. The van der Waals surface area contributed by atoms with Crippen LogP contribution in [0.15, 0.2) is 5.03 Å². The van der Waals surface area contributed by atoms with Crippen LogP contribution in [0, 0.1) is 0 Å². The molecule has 20 heavy (non-hydrogen) atoms. The Morgan fingerprint density at radius 3 is 2.45 bits per heavy atom. The molecule has 0 aliphatic heterocycles. The molecule has 0 unspecified atom stereocenters. The third kappa shape index (κ3) is 4.11. The van der Waals surface area contributed by atoms with Crippen LogP contribution in [0.2, 0.25) is 15.2 Å². The summed E-state index contributed by atoms with van der Waals surface area (Å²) in [6.07, 6.45) is 0. The maximum Gasteiger partial charge on any atom is 0.341 e. The molecule has 1 heterocycles. The molecule has 110 valence electrons. The van der Waals surface area contributed by atoms with Crippen LogP contribution >= 0.6 is 58.8 Å². The molecule has 0 saturated carbocycles. The molecule has 0 amide bonds. The zero-order valence-electron chi connectivity index (χ0n) is 10.9. The van der Waals surface area contributed by atoms with Crippen molar-refractivity contribution >= 4 is 69.1 Å². The van der Waals surface area contributed by atoms with E-state index < -0.39 is 5.97 Å². The standard InChI is InChI=1S/C11H11Cl3N2O2S2/c1-4-18-10(17)5-6(12)8(14)15-9(7(5)13)20-11(19)16(2)3/h4H2,1-3H3. The number of ether oxygens (including phenoxy) is 1. The normalized spacial score (nSPS) is 10.3. The van der Waals surface area contributed by atoms with Crippen LogP contribution in [-0.4, -0.2) is 40.9 Å². The molecule has 0 N–H and O–H groups in total. The van der Waals surface area contributed by atoms with E-state index in [1.165, 1.54) is 0 Å². The van der Waals surface area contributed by atoms with Crippen molar-refractivity contribution in [3.8, 4) is 0 Å². The maximum atomic E-state index is 11.9. The van der Waals surface area contributed by atoms with Crippen LogP contribution in [0.5, 0.6) is 0 Å². The summed E-state index contributed by atoms with van der Waals surface area (Å²) in [6, 6.07) is 0. The van der Waals surface area contributed by atoms with Gasteiger partial charge in [0.2, 0.25) is 0 Å². The lowest BCUT2D eigenvalue weighted by atomic mass is 10.3. The summed E-state index contributed by atoms with van der Waals surface area (Å²) in [5.74, 6) is -0.649. The highest BCUT2D eigenvalue weighted by Gasteiger charge is 2.24. The second-order valence-corrected chi connectivity index (χ2v) is 6.43. The van der Waals surface area contributed by atoms with E-state index in [1.807, 2.05) is 0 Å². The molecule has 0 atom stereocenters. The average Bonchev–Trinajstić information content (AvgIpc) is 2.36. The van der Waals surface area contributed by atoms with Gasteiger partial charge in [-0.1, -0.05) is 47.0 Å². The minimum Gasteiger partial charge on any atom is -0.462 e. The van der Waals surface area contributed by atoms with Crippen molar-refractivity contribution in [3.05, 3.63) is 20.8 Å². The van der Waals surface area contributed by atoms with Gasteiger partial charge in [0.15, 0.2) is 0 Å². The number of thiocarbonyl (C=S) groups is 1. The highest BCUT2D eigenvalue weighted by molar-refractivity contribution is 8.22. The zero-order valence-corrected chi connectivity index (χ0v) is 14.8. The predicted molar refractivity (Wildman–Crippen MR) is 87.4 cm³/mol. The summed E-state index contributed by atoms with van der Waals surface area (Å²) in [4.78, 5) is 17.6. The second-order valence-electron chi connectivity index (χ2n) is 3.69. The van der Waals surface area contributed by atoms with Gasteiger partial charge in [0, 0.05) is 14.1 Å². The fourth-order valence-corrected chi connectivity index (χ4v) is 2.85. The number of carbonyl (C=O) groups is 1. The van der Waals surface area contributed by atoms with Crippen molar-refractivity contribution in [2.24, 2.45) is 0 Å². The Bertz CT molecular complexity index is 553. The van der Waals surface area contributed by atoms with Gasteiger partial charge in [-0.2, -0.15) is 0 Å². The first-order chi connectivity index (χ1) is 9.29. The van der Waals surface area contributed by atoms with Crippen molar-refractivity contribution < 1.29 is 9.53 Å². The fraction of sp³-hybridized carbons (Fsp3) is 0.364. The van der Waals surface area contributed by atoms with Crippen LogP contribution in [-0.2, 0) is 4.74 Å². The van der Waals surface area contributed by atoms with Crippen LogP contribution in [0.1, 0.15) is 17.3 Å². The zero-order chi connectivity index (χ0) is 15.4. The third-order valence-corrected chi connectivity index (χ3v) is 4.90. The van der Waals surface area contributed by atoms with Crippen molar-refractivity contribution in [3.63, 3.8) is 0 Å². The quantitative estimate of drug-likeness (QED) is 0.343. The summed E-state index contributed by atoms with van der Waals surface area (Å²) < 4.78 is 5.43. The van der Waals surface area contributed by atoms with E-state index in [2.05, 4.69) is 4.98 Å². The first kappa shape index (κ1) is 17.8. The molecule has 0 fully saturated rings. The minimum absolute atomic E-state index is 0.000704. The number of rotatable bonds is 3. The van der Waals surface area contributed by atoms with Crippen LogP contribution in [0.4, 0.5) is 0 Å². The van der Waals surface area contributed by atoms with E-state index in [0.717, 1.165) is 11.8 Å². The van der Waals surface area contributed by atoms with Gasteiger partial charge in [0.05, 0.1) is 16.7 Å². The van der Waals surface area contributed by atoms with E-state index in [-0.39, 0.29) is 27.4 Å². The fourth-order valence-electron chi connectivity index (χ4n) is 1.12. The van der Waals surface area contributed by atoms with E-state index >= 15 is 0 Å². The Kier molecular flexibility index (Phi) is 6.81. The highest BCUT2D eigenvalue weighted by atomic mass is 35.5. The Balaban J connectivity index is 3.28. The molecule has 9 heteroatoms. The Labute approximate surface area is 141 Å². The highest BCUT2D eigenvalue weighted by Crippen LogP contribution is 2.37. The Hall–Kier alpha value is -0.270. The lowest BCUT2D eigenvalue weighted by Crippen LogP contribution is -2.16. The van der Waals surface area contributed by atoms with Gasteiger partial charge in [0.1, 0.15) is 20.1 Å². The first-order valence-corrected chi connectivity index (χ1v) is 7.76. The largest absolute Gasteiger partial charge is 0.462 e. The molecule has 0 radical (unpaired) electrons. The van der Waals surface area contributed by atoms with Crippen molar-refractivity contribution in [1.82, 2.24) is 9.88 Å². The molecule has 4 nitrogen and oxygen atoms in total. The number of esters is 1. The minimum atomic E-state index is -0.649. The molecular weight excluding hydrogens is 363 g/mol. The van der Waals surface area contributed by atoms with Gasteiger partial charge in [-0.05, 0) is 18.7 Å². The number of nitrogens with zero attached hydrogens (tertiary/aromatic N) is 2. The Morgan fingerprint density at radius 1 is 1.35 bits per heavy atom. The molecule has 0 saturated heterocycles. The lowest BCUT2D eigenvalue weighted by Gasteiger charge is -2.15.